The molecule has 0 spiro atoms. The largest absolute Gasteiger partial charge is 0.450 e. The van der Waals surface area contributed by atoms with Crippen LogP contribution in [0.4, 0.5) is 4.79 Å². The van der Waals surface area contributed by atoms with Gasteiger partial charge in [-0.25, -0.2) is 4.79 Å². The summed E-state index contributed by atoms with van der Waals surface area (Å²) >= 11 is 0. The van der Waals surface area contributed by atoms with Gasteiger partial charge in [-0.15, -0.1) is 0 Å². The van der Waals surface area contributed by atoms with E-state index in [1.807, 2.05) is 27.7 Å². The molecule has 0 aromatic heterocycles. The van der Waals surface area contributed by atoms with E-state index in [1.54, 1.807) is 6.92 Å². The standard InChI is InChI=1S/C4H9NO2.2C2H6.2CH4/c1-3-7-4(6)5-2;2*1-2;;/h3H2,1-2H3,(H,5,6);2*1-2H3;2*1H4. The van der Waals surface area contributed by atoms with Crippen LogP contribution in [0, 0.1) is 0 Å². The first kappa shape index (κ1) is 29.5. The first-order valence-electron chi connectivity index (χ1n) is 4.15. The minimum absolute atomic E-state index is 0. The zero-order valence-corrected chi connectivity index (χ0v) is 8.52. The van der Waals surface area contributed by atoms with E-state index >= 15 is 0 Å². The van der Waals surface area contributed by atoms with Crippen molar-refractivity contribution in [1.29, 1.82) is 0 Å². The summed E-state index contributed by atoms with van der Waals surface area (Å²) in [5, 5.41) is 2.30. The number of carbonyl (C=O) groups excluding carboxylic acids is 1. The third kappa shape index (κ3) is 53.1. The highest BCUT2D eigenvalue weighted by molar-refractivity contribution is 5.66. The van der Waals surface area contributed by atoms with Crippen molar-refractivity contribution >= 4 is 6.09 Å². The molecular weight excluding hydrogens is 166 g/mol. The molecular formula is C10H29NO2. The normalized spacial score (nSPS) is 5.08. The number of carbonyl (C=O) groups is 1. The molecule has 3 heteroatoms. The van der Waals surface area contributed by atoms with Crippen molar-refractivity contribution < 1.29 is 9.53 Å². The number of hydrogen-bond donors (Lipinski definition) is 1. The molecule has 3 nitrogen and oxygen atoms in total. The van der Waals surface area contributed by atoms with Crippen molar-refractivity contribution in [3.05, 3.63) is 0 Å². The molecule has 0 unspecified atom stereocenters. The van der Waals surface area contributed by atoms with E-state index in [0.29, 0.717) is 6.61 Å². The molecule has 0 aromatic rings. The van der Waals surface area contributed by atoms with Crippen LogP contribution in [0.2, 0.25) is 0 Å². The van der Waals surface area contributed by atoms with E-state index in [2.05, 4.69) is 10.1 Å². The molecule has 0 fully saturated rings. The van der Waals surface area contributed by atoms with Crippen LogP contribution in [0.15, 0.2) is 0 Å². The lowest BCUT2D eigenvalue weighted by molar-refractivity contribution is 0.154. The fourth-order valence-corrected chi connectivity index (χ4v) is 0.203. The van der Waals surface area contributed by atoms with Gasteiger partial charge in [0.2, 0.25) is 0 Å². The number of hydrogen-bond acceptors (Lipinski definition) is 2. The Labute approximate surface area is 84.9 Å². The van der Waals surface area contributed by atoms with E-state index in [9.17, 15) is 4.79 Å². The van der Waals surface area contributed by atoms with Gasteiger partial charge in [0, 0.05) is 7.05 Å². The molecule has 0 aliphatic heterocycles. The molecule has 0 rings (SSSR count). The summed E-state index contributed by atoms with van der Waals surface area (Å²) in [7, 11) is 1.53. The monoisotopic (exact) mass is 195 g/mol. The molecule has 13 heavy (non-hydrogen) atoms. The molecule has 0 bridgehead atoms. The lowest BCUT2D eigenvalue weighted by atomic mass is 10.9. The lowest BCUT2D eigenvalue weighted by Crippen LogP contribution is -2.18. The zero-order valence-electron chi connectivity index (χ0n) is 8.52. The molecule has 0 aliphatic carbocycles. The molecule has 0 aromatic carbocycles. The Kier molecular flexibility index (Phi) is 97.1. The van der Waals surface area contributed by atoms with Gasteiger partial charge < -0.3 is 10.1 Å². The Morgan fingerprint density at radius 1 is 1.15 bits per heavy atom. The molecule has 0 saturated heterocycles. The van der Waals surface area contributed by atoms with E-state index in [4.69, 9.17) is 0 Å². The Hall–Kier alpha value is -0.730. The Balaban J connectivity index is -0.0000000315. The molecule has 86 valence electrons. The third-order valence-electron chi connectivity index (χ3n) is 0.480. The summed E-state index contributed by atoms with van der Waals surface area (Å²) in [5.74, 6) is 0. The second-order valence-electron chi connectivity index (χ2n) is 0.970. The lowest BCUT2D eigenvalue weighted by Gasteiger charge is -1.95. The Morgan fingerprint density at radius 3 is 1.54 bits per heavy atom. The quantitative estimate of drug-likeness (QED) is 0.693. The van der Waals surface area contributed by atoms with Crippen LogP contribution in [0.3, 0.4) is 0 Å². The van der Waals surface area contributed by atoms with Crippen LogP contribution in [0.1, 0.15) is 49.5 Å². The Bertz CT molecular complexity index is 65.9. The van der Waals surface area contributed by atoms with E-state index in [1.165, 1.54) is 7.05 Å². The van der Waals surface area contributed by atoms with Gasteiger partial charge in [0.15, 0.2) is 0 Å². The molecule has 0 heterocycles. The molecule has 0 radical (unpaired) electrons. The summed E-state index contributed by atoms with van der Waals surface area (Å²) in [4.78, 5) is 10.1. The average molecular weight is 195 g/mol. The van der Waals surface area contributed by atoms with Gasteiger partial charge in [-0.3, -0.25) is 0 Å². The predicted molar refractivity (Wildman–Crippen MR) is 62.2 cm³/mol. The summed E-state index contributed by atoms with van der Waals surface area (Å²) in [6.45, 7) is 10.2. The highest BCUT2D eigenvalue weighted by Gasteiger charge is 1.89. The van der Waals surface area contributed by atoms with Crippen molar-refractivity contribution in [1.82, 2.24) is 5.32 Å². The first-order valence-corrected chi connectivity index (χ1v) is 4.15. The van der Waals surface area contributed by atoms with Crippen LogP contribution in [-0.2, 0) is 4.74 Å². The van der Waals surface area contributed by atoms with E-state index < -0.39 is 0 Å². The van der Waals surface area contributed by atoms with Gasteiger partial charge in [-0.2, -0.15) is 0 Å². The minimum atomic E-state index is -0.373. The van der Waals surface area contributed by atoms with Crippen LogP contribution in [-0.4, -0.2) is 19.7 Å². The summed E-state index contributed by atoms with van der Waals surface area (Å²) < 4.78 is 4.44. The maximum atomic E-state index is 10.1. The average Bonchev–Trinajstić information content (AvgIpc) is 2.12. The van der Waals surface area contributed by atoms with Gasteiger partial charge in [0.1, 0.15) is 0 Å². The van der Waals surface area contributed by atoms with E-state index in [0.717, 1.165) is 0 Å². The topological polar surface area (TPSA) is 38.3 Å². The maximum Gasteiger partial charge on any atom is 0.406 e. The molecule has 1 N–H and O–H groups in total. The highest BCUT2D eigenvalue weighted by atomic mass is 16.5. The fraction of sp³-hybridized carbons (Fsp3) is 0.900. The van der Waals surface area contributed by atoms with Gasteiger partial charge in [-0.1, -0.05) is 42.5 Å². The van der Waals surface area contributed by atoms with Crippen LogP contribution in [0.5, 0.6) is 0 Å². The van der Waals surface area contributed by atoms with Crippen molar-refractivity contribution in [3.8, 4) is 0 Å². The minimum Gasteiger partial charge on any atom is -0.450 e. The third-order valence-corrected chi connectivity index (χ3v) is 0.480. The van der Waals surface area contributed by atoms with Crippen molar-refractivity contribution in [2.45, 2.75) is 49.5 Å². The van der Waals surface area contributed by atoms with Gasteiger partial charge >= 0.3 is 6.09 Å². The smallest absolute Gasteiger partial charge is 0.406 e. The highest BCUT2D eigenvalue weighted by Crippen LogP contribution is 1.70. The fourth-order valence-electron chi connectivity index (χ4n) is 0.203. The predicted octanol–water partition coefficient (Wildman–Crippen LogP) is 3.69. The second kappa shape index (κ2) is 42.8. The number of amides is 1. The molecule has 0 atom stereocenters. The number of ether oxygens (including phenoxy) is 1. The first-order chi connectivity index (χ1) is 5.31. The Morgan fingerprint density at radius 2 is 1.46 bits per heavy atom. The summed E-state index contributed by atoms with van der Waals surface area (Å²) in [6.07, 6.45) is -0.373. The number of nitrogens with one attached hydrogen (secondary N) is 1. The van der Waals surface area contributed by atoms with Crippen molar-refractivity contribution in [3.63, 3.8) is 0 Å². The van der Waals surface area contributed by atoms with Crippen LogP contribution in [0.25, 0.3) is 0 Å². The summed E-state index contributed by atoms with van der Waals surface area (Å²) in [5.41, 5.74) is 0. The van der Waals surface area contributed by atoms with Crippen molar-refractivity contribution in [2.24, 2.45) is 0 Å². The molecule has 0 saturated carbocycles. The van der Waals surface area contributed by atoms with E-state index in [-0.39, 0.29) is 20.9 Å². The van der Waals surface area contributed by atoms with Gasteiger partial charge in [0.05, 0.1) is 6.61 Å². The number of alkyl carbamates (subject to hydrolysis) is 1. The van der Waals surface area contributed by atoms with Gasteiger partial charge in [-0.05, 0) is 6.92 Å². The van der Waals surface area contributed by atoms with Crippen LogP contribution >= 0.6 is 0 Å². The van der Waals surface area contributed by atoms with Crippen LogP contribution < -0.4 is 5.32 Å². The maximum absolute atomic E-state index is 10.1. The summed E-state index contributed by atoms with van der Waals surface area (Å²) in [6, 6.07) is 0. The second-order valence-corrected chi connectivity index (χ2v) is 0.970. The van der Waals surface area contributed by atoms with Crippen molar-refractivity contribution in [2.75, 3.05) is 13.7 Å². The zero-order chi connectivity index (χ0) is 9.70. The van der Waals surface area contributed by atoms with Gasteiger partial charge in [0.25, 0.3) is 0 Å². The SMILES string of the molecule is C.C.CC.CC.CCOC(=O)NC. The molecule has 1 amide bonds. The number of rotatable bonds is 1. The molecule has 0 aliphatic rings.